The highest BCUT2D eigenvalue weighted by molar-refractivity contribution is 7.86. The van der Waals surface area contributed by atoms with E-state index in [2.05, 4.69) is 0 Å². The van der Waals surface area contributed by atoms with Gasteiger partial charge in [0, 0.05) is 0 Å². The second-order valence-corrected chi connectivity index (χ2v) is 11.5. The summed E-state index contributed by atoms with van der Waals surface area (Å²) >= 11 is 0. The Kier molecular flexibility index (Phi) is 6.98. The molecule has 0 heterocycles. The Morgan fingerprint density at radius 1 is 1.00 bits per heavy atom. The highest BCUT2D eigenvalue weighted by atomic mass is 32.3. The first-order valence-electron chi connectivity index (χ1n) is 6.19. The Labute approximate surface area is 124 Å². The van der Waals surface area contributed by atoms with Gasteiger partial charge in [-0.3, -0.25) is 0 Å². The predicted octanol–water partition coefficient (Wildman–Crippen LogP) is 2.03. The number of halogens is 2. The molecule has 0 unspecified atom stereocenters. The molecule has 124 valence electrons. The van der Waals surface area contributed by atoms with Gasteiger partial charge in [-0.15, -0.1) is 7.77 Å². The minimum absolute atomic E-state index is 0.00965. The van der Waals surface area contributed by atoms with Crippen molar-refractivity contribution in [3.05, 3.63) is 0 Å². The molecule has 0 bridgehead atoms. The summed E-state index contributed by atoms with van der Waals surface area (Å²) in [7, 11) is -13.1. The van der Waals surface area contributed by atoms with Crippen molar-refractivity contribution < 1.29 is 29.2 Å². The zero-order valence-corrected chi connectivity index (χ0v) is 14.3. The highest BCUT2D eigenvalue weighted by Crippen LogP contribution is 2.60. The van der Waals surface area contributed by atoms with Gasteiger partial charge in [0.1, 0.15) is 12.3 Å². The Balaban J connectivity index is 5.71. The molecule has 0 rings (SSSR count). The lowest BCUT2D eigenvalue weighted by Gasteiger charge is -2.33. The maximum absolute atomic E-state index is 12.8. The van der Waals surface area contributed by atoms with Gasteiger partial charge < -0.3 is 4.57 Å². The summed E-state index contributed by atoms with van der Waals surface area (Å²) in [5.41, 5.74) is 0. The second kappa shape index (κ2) is 7.16. The van der Waals surface area contributed by atoms with E-state index in [-0.39, 0.29) is 12.3 Å². The van der Waals surface area contributed by atoms with Gasteiger partial charge in [0.15, 0.2) is 0 Å². The van der Waals surface area contributed by atoms with Crippen LogP contribution in [-0.4, -0.2) is 45.8 Å². The van der Waals surface area contributed by atoms with E-state index in [0.717, 1.165) is 0 Å². The predicted molar refractivity (Wildman–Crippen MR) is 76.1 cm³/mol. The van der Waals surface area contributed by atoms with Crippen molar-refractivity contribution in [3.63, 3.8) is 0 Å². The van der Waals surface area contributed by atoms with Crippen LogP contribution in [0.2, 0.25) is 0 Å². The van der Waals surface area contributed by atoms with Gasteiger partial charge >= 0.3 is 20.4 Å². The number of nitriles is 1. The number of nitrogens with zero attached hydrogens (tertiary/aromatic N) is 1. The van der Waals surface area contributed by atoms with Crippen LogP contribution in [-0.2, 0) is 25.0 Å². The summed E-state index contributed by atoms with van der Waals surface area (Å²) < 4.78 is 80.8. The fourth-order valence-corrected chi connectivity index (χ4v) is 6.51. The first-order valence-corrected chi connectivity index (χ1v) is 11.4. The van der Waals surface area contributed by atoms with Crippen molar-refractivity contribution in [2.75, 3.05) is 23.8 Å². The minimum atomic E-state index is -4.91. The summed E-state index contributed by atoms with van der Waals surface area (Å²) in [6.07, 6.45) is -1.24. The van der Waals surface area contributed by atoms with Crippen molar-refractivity contribution in [3.8, 4) is 6.07 Å². The molecule has 0 saturated heterocycles. The van der Waals surface area contributed by atoms with Crippen molar-refractivity contribution in [2.45, 2.75) is 31.8 Å². The smallest absolute Gasteiger partial charge is 0.302 e. The van der Waals surface area contributed by atoms with E-state index < -0.39 is 57.1 Å². The maximum atomic E-state index is 12.8. The van der Waals surface area contributed by atoms with Gasteiger partial charge in [0.2, 0.25) is 0 Å². The summed E-state index contributed by atoms with van der Waals surface area (Å²) in [6, 6.07) is 1.68. The van der Waals surface area contributed by atoms with Crippen LogP contribution in [0, 0.1) is 11.3 Å². The van der Waals surface area contributed by atoms with Crippen molar-refractivity contribution in [1.29, 1.82) is 5.26 Å². The fourth-order valence-electron chi connectivity index (χ4n) is 2.15. The zero-order chi connectivity index (χ0) is 16.9. The van der Waals surface area contributed by atoms with Gasteiger partial charge in [-0.1, -0.05) is 13.8 Å². The monoisotopic (exact) mass is 365 g/mol. The highest BCUT2D eigenvalue weighted by Gasteiger charge is 2.47. The molecule has 0 atom stereocenters. The fraction of sp³-hybridized carbons (Fsp3) is 0.900. The molecule has 0 radical (unpaired) electrons. The van der Waals surface area contributed by atoms with Gasteiger partial charge in [-0.25, -0.2) is 0 Å². The largest absolute Gasteiger partial charge is 0.322 e. The van der Waals surface area contributed by atoms with E-state index in [1.54, 1.807) is 6.07 Å². The van der Waals surface area contributed by atoms with Gasteiger partial charge in [0.05, 0.1) is 17.6 Å². The quantitative estimate of drug-likeness (QED) is 0.457. The lowest BCUT2D eigenvalue weighted by Crippen LogP contribution is -2.33. The van der Waals surface area contributed by atoms with Crippen LogP contribution in [0.1, 0.15) is 26.7 Å². The molecular weight excluding hydrogens is 347 g/mol. The lowest BCUT2D eigenvalue weighted by atomic mass is 10.0. The zero-order valence-electron chi connectivity index (χ0n) is 11.8. The number of rotatable bonds is 9. The van der Waals surface area contributed by atoms with Crippen LogP contribution >= 0.6 is 7.14 Å². The molecule has 0 aromatic carbocycles. The first kappa shape index (κ1) is 20.5. The average Bonchev–Trinajstić information content (AvgIpc) is 2.36. The SMILES string of the molecule is CCP(=O)(CC)C(C#N)(CCS(=O)(=O)F)CCS(=O)(=O)F. The number of hydrogen-bond donors (Lipinski definition) is 0. The van der Waals surface area contributed by atoms with Crippen molar-refractivity contribution >= 4 is 27.6 Å². The van der Waals surface area contributed by atoms with Crippen LogP contribution in [0.15, 0.2) is 0 Å². The molecule has 0 aromatic heterocycles. The Bertz CT molecular complexity index is 609. The molecule has 0 aliphatic carbocycles. The summed E-state index contributed by atoms with van der Waals surface area (Å²) in [5.74, 6) is -2.12. The van der Waals surface area contributed by atoms with Gasteiger partial charge in [-0.2, -0.15) is 22.1 Å². The number of hydrogen-bond acceptors (Lipinski definition) is 6. The van der Waals surface area contributed by atoms with Crippen LogP contribution in [0.3, 0.4) is 0 Å². The van der Waals surface area contributed by atoms with Crippen LogP contribution < -0.4 is 0 Å². The molecule has 0 aromatic rings. The molecule has 6 nitrogen and oxygen atoms in total. The Morgan fingerprint density at radius 2 is 1.33 bits per heavy atom. The molecule has 21 heavy (non-hydrogen) atoms. The van der Waals surface area contributed by atoms with Crippen LogP contribution in [0.25, 0.3) is 0 Å². The van der Waals surface area contributed by atoms with E-state index in [4.69, 9.17) is 0 Å². The average molecular weight is 365 g/mol. The third kappa shape index (κ3) is 6.01. The molecule has 0 aliphatic rings. The van der Waals surface area contributed by atoms with E-state index in [0.29, 0.717) is 0 Å². The van der Waals surface area contributed by atoms with E-state index in [1.165, 1.54) is 13.8 Å². The summed E-state index contributed by atoms with van der Waals surface area (Å²) in [6.45, 7) is 3.01. The summed E-state index contributed by atoms with van der Waals surface area (Å²) in [4.78, 5) is 0. The third-order valence-electron chi connectivity index (χ3n) is 3.53. The van der Waals surface area contributed by atoms with Crippen LogP contribution in [0.4, 0.5) is 7.77 Å². The van der Waals surface area contributed by atoms with E-state index in [1.807, 2.05) is 0 Å². The van der Waals surface area contributed by atoms with Crippen molar-refractivity contribution in [2.24, 2.45) is 0 Å². The maximum Gasteiger partial charge on any atom is 0.302 e. The van der Waals surface area contributed by atoms with Gasteiger partial charge in [-0.05, 0) is 25.2 Å². The first-order chi connectivity index (χ1) is 9.35. The molecule has 0 amide bonds. The molecule has 0 fully saturated rings. The normalized spacial score (nSPS) is 13.9. The van der Waals surface area contributed by atoms with E-state index in [9.17, 15) is 34.4 Å². The third-order valence-corrected chi connectivity index (χ3v) is 9.06. The molecule has 11 heteroatoms. The Morgan fingerprint density at radius 3 is 1.52 bits per heavy atom. The standard InChI is InChI=1S/C10H18F2NO5PS2/c1-3-19(14,4-2)10(9-13,5-7-20(11,15)16)6-8-21(12,17)18/h3-8H2,1-2H3. The summed E-state index contributed by atoms with van der Waals surface area (Å²) in [5, 5.41) is 7.45. The molecule has 0 N–H and O–H groups in total. The van der Waals surface area contributed by atoms with Crippen molar-refractivity contribution in [1.82, 2.24) is 0 Å². The Hall–Kier alpha value is -0.520. The topological polar surface area (TPSA) is 109 Å². The molecule has 0 saturated carbocycles. The van der Waals surface area contributed by atoms with Crippen LogP contribution in [0.5, 0.6) is 0 Å². The molecular formula is C10H18F2NO5PS2. The van der Waals surface area contributed by atoms with Gasteiger partial charge in [0.25, 0.3) is 0 Å². The minimum Gasteiger partial charge on any atom is -0.322 e. The molecule has 0 aliphatic heterocycles. The van der Waals surface area contributed by atoms with E-state index >= 15 is 0 Å². The molecule has 0 spiro atoms. The second-order valence-electron chi connectivity index (χ2n) is 4.65. The lowest BCUT2D eigenvalue weighted by molar-refractivity contribution is 0.514.